The maximum Gasteiger partial charge on any atom is 0.303 e. The number of ether oxygens (including phenoxy) is 3. The molecule has 1 rings (SSSR count). The van der Waals surface area contributed by atoms with Crippen molar-refractivity contribution in [3.63, 3.8) is 0 Å². The average molecular weight is 257 g/mol. The van der Waals surface area contributed by atoms with E-state index < -0.39 is 18.3 Å². The summed E-state index contributed by atoms with van der Waals surface area (Å²) in [5.41, 5.74) is 0. The zero-order valence-electron chi connectivity index (χ0n) is 11.0. The minimum absolute atomic E-state index is 0.160. The van der Waals surface area contributed by atoms with Gasteiger partial charge in [-0.25, -0.2) is 0 Å². The molecule has 0 heterocycles. The standard InChI is InChI=1S/C12H19NO5/c1-7(14)13-9-5-6-10(18-8(2)15)12(17-4)11(9)16-3/h5-6,9-12H,1-4H3,(H,13,14). The number of esters is 1. The van der Waals surface area contributed by atoms with Gasteiger partial charge in [-0.1, -0.05) is 6.08 Å². The van der Waals surface area contributed by atoms with Crippen LogP contribution in [-0.2, 0) is 23.8 Å². The Kier molecular flexibility index (Phi) is 5.30. The molecule has 1 aliphatic carbocycles. The first-order valence-corrected chi connectivity index (χ1v) is 5.67. The number of hydrogen-bond donors (Lipinski definition) is 1. The largest absolute Gasteiger partial charge is 0.455 e. The molecule has 0 saturated carbocycles. The molecule has 0 saturated heterocycles. The summed E-state index contributed by atoms with van der Waals surface area (Å²) >= 11 is 0. The van der Waals surface area contributed by atoms with Crippen LogP contribution in [0.1, 0.15) is 13.8 Å². The van der Waals surface area contributed by atoms with Crippen LogP contribution in [0.3, 0.4) is 0 Å². The van der Waals surface area contributed by atoms with E-state index in [1.54, 1.807) is 12.2 Å². The molecule has 0 fully saturated rings. The van der Waals surface area contributed by atoms with E-state index in [4.69, 9.17) is 14.2 Å². The minimum atomic E-state index is -0.512. The molecule has 6 heteroatoms. The molecule has 0 aromatic carbocycles. The smallest absolute Gasteiger partial charge is 0.303 e. The van der Waals surface area contributed by atoms with Gasteiger partial charge in [0.2, 0.25) is 5.91 Å². The van der Waals surface area contributed by atoms with E-state index in [9.17, 15) is 9.59 Å². The van der Waals surface area contributed by atoms with E-state index >= 15 is 0 Å². The molecular formula is C12H19NO5. The number of rotatable bonds is 4. The second-order valence-electron chi connectivity index (χ2n) is 4.09. The van der Waals surface area contributed by atoms with Crippen LogP contribution in [-0.4, -0.2) is 50.4 Å². The van der Waals surface area contributed by atoms with E-state index in [0.717, 1.165) is 0 Å². The lowest BCUT2D eigenvalue weighted by atomic mass is 9.93. The van der Waals surface area contributed by atoms with Gasteiger partial charge < -0.3 is 19.5 Å². The maximum absolute atomic E-state index is 11.1. The van der Waals surface area contributed by atoms with E-state index in [-0.39, 0.29) is 17.9 Å². The molecule has 4 unspecified atom stereocenters. The molecule has 0 radical (unpaired) electrons. The fourth-order valence-electron chi connectivity index (χ4n) is 2.05. The van der Waals surface area contributed by atoms with Crippen molar-refractivity contribution in [2.45, 2.75) is 38.2 Å². The number of amides is 1. The summed E-state index contributed by atoms with van der Waals surface area (Å²) in [5, 5.41) is 2.75. The summed E-state index contributed by atoms with van der Waals surface area (Å²) in [6.45, 7) is 2.77. The number of hydrogen-bond acceptors (Lipinski definition) is 5. The van der Waals surface area contributed by atoms with E-state index in [2.05, 4.69) is 5.32 Å². The first-order valence-electron chi connectivity index (χ1n) is 5.67. The predicted octanol–water partition coefficient (Wildman–Crippen LogP) is 0.0226. The van der Waals surface area contributed by atoms with Crippen LogP contribution in [0.4, 0.5) is 0 Å². The second kappa shape index (κ2) is 6.51. The second-order valence-corrected chi connectivity index (χ2v) is 4.09. The van der Waals surface area contributed by atoms with Crippen LogP contribution in [0.5, 0.6) is 0 Å². The van der Waals surface area contributed by atoms with Crippen LogP contribution in [0.25, 0.3) is 0 Å². The molecular weight excluding hydrogens is 238 g/mol. The molecule has 0 bridgehead atoms. The van der Waals surface area contributed by atoms with Gasteiger partial charge in [0.05, 0.1) is 6.04 Å². The Morgan fingerprint density at radius 3 is 2.11 bits per heavy atom. The summed E-state index contributed by atoms with van der Waals surface area (Å²) < 4.78 is 15.8. The Morgan fingerprint density at radius 2 is 1.67 bits per heavy atom. The number of nitrogens with one attached hydrogen (secondary N) is 1. The summed E-state index contributed by atoms with van der Waals surface area (Å²) in [4.78, 5) is 22.1. The molecule has 6 nitrogen and oxygen atoms in total. The van der Waals surface area contributed by atoms with Crippen molar-refractivity contribution in [2.24, 2.45) is 0 Å². The summed E-state index contributed by atoms with van der Waals surface area (Å²) in [6, 6.07) is -0.302. The van der Waals surface area contributed by atoms with Crippen LogP contribution < -0.4 is 5.32 Å². The number of carbonyl (C=O) groups excluding carboxylic acids is 2. The highest BCUT2D eigenvalue weighted by Crippen LogP contribution is 2.21. The maximum atomic E-state index is 11.1. The third kappa shape index (κ3) is 3.54. The molecule has 1 aliphatic rings. The van der Waals surface area contributed by atoms with Crippen LogP contribution >= 0.6 is 0 Å². The monoisotopic (exact) mass is 257 g/mol. The molecule has 1 amide bonds. The van der Waals surface area contributed by atoms with Gasteiger partial charge in [0.15, 0.2) is 0 Å². The fraction of sp³-hybridized carbons (Fsp3) is 0.667. The van der Waals surface area contributed by atoms with Gasteiger partial charge in [0, 0.05) is 28.1 Å². The molecule has 0 aliphatic heterocycles. The van der Waals surface area contributed by atoms with Crippen molar-refractivity contribution >= 4 is 11.9 Å². The fourth-order valence-corrected chi connectivity index (χ4v) is 2.05. The normalized spacial score (nSPS) is 30.9. The highest BCUT2D eigenvalue weighted by atomic mass is 16.6. The lowest BCUT2D eigenvalue weighted by Crippen LogP contribution is -2.55. The van der Waals surface area contributed by atoms with Crippen LogP contribution in [0.2, 0.25) is 0 Å². The zero-order valence-corrected chi connectivity index (χ0v) is 11.0. The van der Waals surface area contributed by atoms with Crippen LogP contribution in [0, 0.1) is 0 Å². The van der Waals surface area contributed by atoms with E-state index in [0.29, 0.717) is 0 Å². The van der Waals surface area contributed by atoms with Gasteiger partial charge in [-0.05, 0) is 6.08 Å². The van der Waals surface area contributed by atoms with Gasteiger partial charge in [-0.2, -0.15) is 0 Å². The Bertz CT molecular complexity index is 309. The topological polar surface area (TPSA) is 73.9 Å². The number of methoxy groups -OCH3 is 2. The van der Waals surface area contributed by atoms with Crippen molar-refractivity contribution in [1.29, 1.82) is 0 Å². The Hall–Kier alpha value is -1.40. The van der Waals surface area contributed by atoms with Gasteiger partial charge in [0.25, 0.3) is 0 Å². The highest BCUT2D eigenvalue weighted by molar-refractivity contribution is 5.73. The van der Waals surface area contributed by atoms with E-state index in [1.165, 1.54) is 28.1 Å². The quantitative estimate of drug-likeness (QED) is 0.568. The molecule has 4 atom stereocenters. The summed E-state index contributed by atoms with van der Waals surface area (Å²) in [7, 11) is 3.03. The lowest BCUT2D eigenvalue weighted by molar-refractivity contribution is -0.159. The van der Waals surface area contributed by atoms with Crippen LogP contribution in [0.15, 0.2) is 12.2 Å². The molecule has 0 spiro atoms. The summed E-state index contributed by atoms with van der Waals surface area (Å²) in [5.74, 6) is -0.549. The van der Waals surface area contributed by atoms with E-state index in [1.807, 2.05) is 0 Å². The molecule has 0 aromatic heterocycles. The van der Waals surface area contributed by atoms with Crippen molar-refractivity contribution < 1.29 is 23.8 Å². The van der Waals surface area contributed by atoms with Gasteiger partial charge in [-0.3, -0.25) is 9.59 Å². The summed E-state index contributed by atoms with van der Waals surface area (Å²) in [6.07, 6.45) is 2.07. The zero-order chi connectivity index (χ0) is 13.7. The van der Waals surface area contributed by atoms with Crippen molar-refractivity contribution in [2.75, 3.05) is 14.2 Å². The Balaban J connectivity index is 2.87. The van der Waals surface area contributed by atoms with Gasteiger partial charge in [-0.15, -0.1) is 0 Å². The predicted molar refractivity (Wildman–Crippen MR) is 63.9 cm³/mol. The third-order valence-corrected chi connectivity index (χ3v) is 2.73. The average Bonchev–Trinajstić information content (AvgIpc) is 2.29. The van der Waals surface area contributed by atoms with Gasteiger partial charge >= 0.3 is 5.97 Å². The van der Waals surface area contributed by atoms with Crippen molar-refractivity contribution in [1.82, 2.24) is 5.32 Å². The first kappa shape index (κ1) is 14.7. The SMILES string of the molecule is COC1C(NC(C)=O)C=CC(OC(C)=O)C1OC. The first-order chi connectivity index (χ1) is 8.49. The molecule has 18 heavy (non-hydrogen) atoms. The molecule has 1 N–H and O–H groups in total. The third-order valence-electron chi connectivity index (χ3n) is 2.73. The van der Waals surface area contributed by atoms with Crippen molar-refractivity contribution in [3.05, 3.63) is 12.2 Å². The lowest BCUT2D eigenvalue weighted by Gasteiger charge is -2.37. The minimum Gasteiger partial charge on any atom is -0.455 e. The van der Waals surface area contributed by atoms with Gasteiger partial charge in [0.1, 0.15) is 18.3 Å². The number of carbonyl (C=O) groups is 2. The Morgan fingerprint density at radius 1 is 1.06 bits per heavy atom. The molecule has 102 valence electrons. The highest BCUT2D eigenvalue weighted by Gasteiger charge is 2.39. The Labute approximate surface area is 106 Å². The van der Waals surface area contributed by atoms with Crippen molar-refractivity contribution in [3.8, 4) is 0 Å². The molecule has 0 aromatic rings.